The van der Waals surface area contributed by atoms with Crippen LogP contribution in [0.4, 0.5) is 0 Å². The van der Waals surface area contributed by atoms with Crippen molar-refractivity contribution < 1.29 is 8.42 Å². The third-order valence-corrected chi connectivity index (χ3v) is 5.52. The van der Waals surface area contributed by atoms with Crippen LogP contribution in [0.3, 0.4) is 0 Å². The van der Waals surface area contributed by atoms with Gasteiger partial charge in [0.1, 0.15) is 0 Å². The van der Waals surface area contributed by atoms with Gasteiger partial charge in [-0.2, -0.15) is 0 Å². The number of nitrogens with zero attached hydrogens (tertiary/aromatic N) is 1. The summed E-state index contributed by atoms with van der Waals surface area (Å²) in [5, 5.41) is 2.00. The lowest BCUT2D eigenvalue weighted by Gasteiger charge is -2.07. The second kappa shape index (κ2) is 6.39. The summed E-state index contributed by atoms with van der Waals surface area (Å²) in [5.41, 5.74) is 1.89. The zero-order valence-electron chi connectivity index (χ0n) is 11.6. The summed E-state index contributed by atoms with van der Waals surface area (Å²) in [6.45, 7) is 0.248. The first kappa shape index (κ1) is 14.9. The quantitative estimate of drug-likeness (QED) is 0.781. The van der Waals surface area contributed by atoms with Crippen molar-refractivity contribution in [3.05, 3.63) is 71.9 Å². The monoisotopic (exact) mass is 330 g/mol. The van der Waals surface area contributed by atoms with E-state index >= 15 is 0 Å². The first-order chi connectivity index (χ1) is 10.6. The summed E-state index contributed by atoms with van der Waals surface area (Å²) < 4.78 is 27.2. The molecule has 4 nitrogen and oxygen atoms in total. The zero-order valence-corrected chi connectivity index (χ0v) is 13.3. The normalized spacial score (nSPS) is 11.5. The summed E-state index contributed by atoms with van der Waals surface area (Å²) >= 11 is 1.63. The topological polar surface area (TPSA) is 59.1 Å². The van der Waals surface area contributed by atoms with E-state index in [4.69, 9.17) is 0 Å². The molecule has 0 aliphatic rings. The van der Waals surface area contributed by atoms with Gasteiger partial charge in [-0.15, -0.1) is 11.3 Å². The Morgan fingerprint density at radius 1 is 1.00 bits per heavy atom. The standard InChI is InChI=1S/C16H14N2O2S2/c19-22(20,18-12-13-7-9-17-10-8-13)15-5-3-14(4-6-15)16-2-1-11-21-16/h1-11,18H,12H2. The van der Waals surface area contributed by atoms with Crippen molar-refractivity contribution in [3.63, 3.8) is 0 Å². The highest BCUT2D eigenvalue weighted by Gasteiger charge is 2.13. The van der Waals surface area contributed by atoms with Gasteiger partial charge in [-0.05, 0) is 46.8 Å². The van der Waals surface area contributed by atoms with E-state index < -0.39 is 10.0 Å². The van der Waals surface area contributed by atoms with Crippen LogP contribution in [0, 0.1) is 0 Å². The van der Waals surface area contributed by atoms with Crippen molar-refractivity contribution in [1.29, 1.82) is 0 Å². The molecule has 112 valence electrons. The third kappa shape index (κ3) is 3.41. The van der Waals surface area contributed by atoms with Gasteiger partial charge in [0, 0.05) is 23.8 Å². The Morgan fingerprint density at radius 2 is 1.73 bits per heavy atom. The molecule has 3 rings (SSSR count). The molecule has 0 saturated heterocycles. The van der Waals surface area contributed by atoms with Gasteiger partial charge in [-0.3, -0.25) is 4.98 Å². The molecule has 3 aromatic rings. The number of hydrogen-bond donors (Lipinski definition) is 1. The Hall–Kier alpha value is -2.02. The van der Waals surface area contributed by atoms with Crippen molar-refractivity contribution in [2.24, 2.45) is 0 Å². The average Bonchev–Trinajstić information content (AvgIpc) is 3.09. The average molecular weight is 330 g/mol. The molecule has 0 radical (unpaired) electrons. The lowest BCUT2D eigenvalue weighted by Crippen LogP contribution is -2.23. The molecule has 1 aromatic carbocycles. The minimum atomic E-state index is -3.51. The van der Waals surface area contributed by atoms with Crippen molar-refractivity contribution in [2.75, 3.05) is 0 Å². The first-order valence-corrected chi connectivity index (χ1v) is 9.04. The maximum atomic E-state index is 12.3. The number of thiophene rings is 1. The predicted octanol–water partition coefficient (Wildman–Crippen LogP) is 3.29. The van der Waals surface area contributed by atoms with Crippen molar-refractivity contribution in [1.82, 2.24) is 9.71 Å². The number of pyridine rings is 1. The Morgan fingerprint density at radius 3 is 2.36 bits per heavy atom. The zero-order chi connectivity index (χ0) is 15.4. The summed E-state index contributed by atoms with van der Waals surface area (Å²) in [6, 6.07) is 14.5. The molecule has 0 bridgehead atoms. The number of benzene rings is 1. The molecule has 0 saturated carbocycles. The molecule has 0 amide bonds. The first-order valence-electron chi connectivity index (χ1n) is 6.68. The van der Waals surface area contributed by atoms with Crippen LogP contribution in [0.5, 0.6) is 0 Å². The fraction of sp³-hybridized carbons (Fsp3) is 0.0625. The van der Waals surface area contributed by atoms with E-state index in [2.05, 4.69) is 9.71 Å². The largest absolute Gasteiger partial charge is 0.265 e. The van der Waals surface area contributed by atoms with Crippen molar-refractivity contribution in [2.45, 2.75) is 11.4 Å². The molecule has 0 aliphatic carbocycles. The SMILES string of the molecule is O=S(=O)(NCc1ccncc1)c1ccc(-c2cccs2)cc1. The van der Waals surface area contributed by atoms with Crippen LogP contribution < -0.4 is 4.72 Å². The van der Waals surface area contributed by atoms with E-state index in [1.807, 2.05) is 29.6 Å². The Balaban J connectivity index is 1.75. The van der Waals surface area contributed by atoms with Crippen molar-refractivity contribution >= 4 is 21.4 Å². The van der Waals surface area contributed by atoms with Gasteiger partial charge in [0.15, 0.2) is 0 Å². The van der Waals surface area contributed by atoms with Crippen LogP contribution in [-0.4, -0.2) is 13.4 Å². The molecule has 0 spiro atoms. The summed E-state index contributed by atoms with van der Waals surface area (Å²) in [7, 11) is -3.51. The van der Waals surface area contributed by atoms with Crippen molar-refractivity contribution in [3.8, 4) is 10.4 Å². The Kier molecular flexibility index (Phi) is 4.33. The van der Waals surface area contributed by atoms with Crippen LogP contribution in [-0.2, 0) is 16.6 Å². The molecule has 22 heavy (non-hydrogen) atoms. The van der Waals surface area contributed by atoms with E-state index in [9.17, 15) is 8.42 Å². The van der Waals surface area contributed by atoms with Gasteiger partial charge in [0.2, 0.25) is 10.0 Å². The fourth-order valence-corrected chi connectivity index (χ4v) is 3.75. The molecule has 0 unspecified atom stereocenters. The summed E-state index contributed by atoms with van der Waals surface area (Å²) in [6.07, 6.45) is 3.28. The van der Waals surface area contributed by atoms with Gasteiger partial charge >= 0.3 is 0 Å². The molecular formula is C16H14N2O2S2. The van der Waals surface area contributed by atoms with Crippen LogP contribution >= 0.6 is 11.3 Å². The van der Waals surface area contributed by atoms with Crippen LogP contribution in [0.15, 0.2) is 71.2 Å². The molecule has 6 heteroatoms. The maximum Gasteiger partial charge on any atom is 0.240 e. The van der Waals surface area contributed by atoms with Crippen LogP contribution in [0.2, 0.25) is 0 Å². The van der Waals surface area contributed by atoms with Gasteiger partial charge in [0.05, 0.1) is 4.90 Å². The second-order valence-corrected chi connectivity index (χ2v) is 7.40. The van der Waals surface area contributed by atoms with Gasteiger partial charge < -0.3 is 0 Å². The lowest BCUT2D eigenvalue weighted by molar-refractivity contribution is 0.581. The number of sulfonamides is 1. The molecule has 2 heterocycles. The molecule has 2 aromatic heterocycles. The van der Waals surface area contributed by atoms with Gasteiger partial charge in [-0.25, -0.2) is 13.1 Å². The molecule has 0 fully saturated rings. The highest BCUT2D eigenvalue weighted by atomic mass is 32.2. The predicted molar refractivity (Wildman–Crippen MR) is 88.0 cm³/mol. The summed E-state index contributed by atoms with van der Waals surface area (Å²) in [5.74, 6) is 0. The minimum absolute atomic E-state index is 0.248. The number of rotatable bonds is 5. The van der Waals surface area contributed by atoms with Crippen LogP contribution in [0.1, 0.15) is 5.56 Å². The fourth-order valence-electron chi connectivity index (χ4n) is 2.00. The number of nitrogens with one attached hydrogen (secondary N) is 1. The highest BCUT2D eigenvalue weighted by molar-refractivity contribution is 7.89. The molecule has 1 N–H and O–H groups in total. The maximum absolute atomic E-state index is 12.3. The Labute approximate surface area is 133 Å². The van der Waals surface area contributed by atoms with Gasteiger partial charge in [0.25, 0.3) is 0 Å². The van der Waals surface area contributed by atoms with E-state index in [-0.39, 0.29) is 11.4 Å². The van der Waals surface area contributed by atoms with E-state index in [1.165, 1.54) is 0 Å². The highest BCUT2D eigenvalue weighted by Crippen LogP contribution is 2.25. The number of aromatic nitrogens is 1. The Bertz CT molecular complexity index is 828. The lowest BCUT2D eigenvalue weighted by atomic mass is 10.2. The smallest absolute Gasteiger partial charge is 0.240 e. The molecular weight excluding hydrogens is 316 g/mol. The van der Waals surface area contributed by atoms with Gasteiger partial charge in [-0.1, -0.05) is 18.2 Å². The number of hydrogen-bond acceptors (Lipinski definition) is 4. The summed E-state index contributed by atoms with van der Waals surface area (Å²) in [4.78, 5) is 5.29. The van der Waals surface area contributed by atoms with E-state index in [0.717, 1.165) is 16.0 Å². The minimum Gasteiger partial charge on any atom is -0.265 e. The van der Waals surface area contributed by atoms with Crippen LogP contribution in [0.25, 0.3) is 10.4 Å². The van der Waals surface area contributed by atoms with E-state index in [0.29, 0.717) is 0 Å². The second-order valence-electron chi connectivity index (χ2n) is 4.68. The third-order valence-electron chi connectivity index (χ3n) is 3.19. The van der Waals surface area contributed by atoms with E-state index in [1.54, 1.807) is 48.0 Å². The molecule has 0 aliphatic heterocycles. The molecule has 0 atom stereocenters.